The van der Waals surface area contributed by atoms with E-state index in [1.807, 2.05) is 6.07 Å². The summed E-state index contributed by atoms with van der Waals surface area (Å²) in [6.45, 7) is 3.48. The molecule has 0 aliphatic heterocycles. The minimum atomic E-state index is -4.45. The van der Waals surface area contributed by atoms with Gasteiger partial charge in [-0.25, -0.2) is 4.68 Å². The van der Waals surface area contributed by atoms with E-state index in [-0.39, 0.29) is 11.6 Å². The average Bonchev–Trinajstić information content (AvgIpc) is 3.09. The standard InChI is InChI=1S/C21H17F3N4O/c1-13(27-20(29)16-6-3-5-15(9-16)11-25)19-12-26-28(14(19)2)18-8-4-7-17(10-18)21(22,23)24/h3-10,12-13H,1-2H3,(H,27,29)/t13-/m0/s1. The number of carbonyl (C=O) groups is 1. The van der Waals surface area contributed by atoms with Crippen molar-refractivity contribution in [2.24, 2.45) is 0 Å². The highest BCUT2D eigenvalue weighted by atomic mass is 19.4. The number of hydrogen-bond acceptors (Lipinski definition) is 3. The summed E-state index contributed by atoms with van der Waals surface area (Å²) >= 11 is 0. The van der Waals surface area contributed by atoms with Crippen molar-refractivity contribution in [3.8, 4) is 11.8 Å². The SMILES string of the molecule is Cc1c([C@H](C)NC(=O)c2cccc(C#N)c2)cnn1-c1cccc(C(F)(F)F)c1. The fourth-order valence-corrected chi connectivity index (χ4v) is 3.01. The summed E-state index contributed by atoms with van der Waals surface area (Å²) in [7, 11) is 0. The van der Waals surface area contributed by atoms with Crippen molar-refractivity contribution < 1.29 is 18.0 Å². The Kier molecular flexibility index (Phi) is 5.41. The van der Waals surface area contributed by atoms with Gasteiger partial charge in [0, 0.05) is 16.8 Å². The fraction of sp³-hybridized carbons (Fsp3) is 0.190. The molecule has 29 heavy (non-hydrogen) atoms. The zero-order valence-electron chi connectivity index (χ0n) is 15.7. The van der Waals surface area contributed by atoms with E-state index in [1.165, 1.54) is 29.1 Å². The molecule has 1 atom stereocenters. The normalized spacial score (nSPS) is 12.3. The Morgan fingerprint density at radius 3 is 2.62 bits per heavy atom. The van der Waals surface area contributed by atoms with Gasteiger partial charge in [-0.2, -0.15) is 23.5 Å². The summed E-state index contributed by atoms with van der Waals surface area (Å²) < 4.78 is 40.3. The predicted octanol–water partition coefficient (Wildman–Crippen LogP) is 4.56. The number of alkyl halides is 3. The molecule has 0 saturated heterocycles. The minimum absolute atomic E-state index is 0.281. The van der Waals surface area contributed by atoms with E-state index in [0.29, 0.717) is 22.4 Å². The molecule has 0 aliphatic rings. The number of nitriles is 1. The van der Waals surface area contributed by atoms with Gasteiger partial charge in [-0.3, -0.25) is 4.79 Å². The average molecular weight is 398 g/mol. The predicted molar refractivity (Wildman–Crippen MR) is 100 cm³/mol. The lowest BCUT2D eigenvalue weighted by molar-refractivity contribution is -0.137. The first-order valence-corrected chi connectivity index (χ1v) is 8.74. The van der Waals surface area contributed by atoms with Crippen molar-refractivity contribution in [2.45, 2.75) is 26.1 Å². The summed E-state index contributed by atoms with van der Waals surface area (Å²) in [5.41, 5.74) is 1.53. The van der Waals surface area contributed by atoms with Crippen LogP contribution in [0.1, 0.15) is 45.7 Å². The maximum Gasteiger partial charge on any atom is 0.416 e. The molecule has 0 radical (unpaired) electrons. The summed E-state index contributed by atoms with van der Waals surface area (Å²) in [6, 6.07) is 12.7. The second kappa shape index (κ2) is 7.80. The molecule has 0 bridgehead atoms. The first kappa shape index (κ1) is 20.1. The Bertz CT molecular complexity index is 1100. The number of carbonyl (C=O) groups excluding carboxylic acids is 1. The third-order valence-corrected chi connectivity index (χ3v) is 4.53. The Balaban J connectivity index is 1.83. The molecule has 148 valence electrons. The zero-order valence-corrected chi connectivity index (χ0v) is 15.7. The number of aromatic nitrogens is 2. The maximum absolute atomic E-state index is 13.0. The first-order valence-electron chi connectivity index (χ1n) is 8.74. The van der Waals surface area contributed by atoms with E-state index in [9.17, 15) is 18.0 Å². The van der Waals surface area contributed by atoms with E-state index >= 15 is 0 Å². The van der Waals surface area contributed by atoms with Crippen LogP contribution in [0.2, 0.25) is 0 Å². The molecular formula is C21H17F3N4O. The molecule has 0 spiro atoms. The van der Waals surface area contributed by atoms with Crippen molar-refractivity contribution in [3.63, 3.8) is 0 Å². The minimum Gasteiger partial charge on any atom is -0.345 e. The van der Waals surface area contributed by atoms with E-state index in [1.54, 1.807) is 32.0 Å². The molecule has 1 amide bonds. The molecule has 1 aromatic heterocycles. The van der Waals surface area contributed by atoms with Crippen LogP contribution in [0.25, 0.3) is 5.69 Å². The Labute approximate surface area is 165 Å². The molecule has 0 saturated carbocycles. The van der Waals surface area contributed by atoms with Crippen molar-refractivity contribution in [2.75, 3.05) is 0 Å². The third-order valence-electron chi connectivity index (χ3n) is 4.53. The fourth-order valence-electron chi connectivity index (χ4n) is 3.01. The lowest BCUT2D eigenvalue weighted by Gasteiger charge is -2.15. The van der Waals surface area contributed by atoms with Crippen molar-refractivity contribution in [1.29, 1.82) is 5.26 Å². The van der Waals surface area contributed by atoms with E-state index in [4.69, 9.17) is 5.26 Å². The summed E-state index contributed by atoms with van der Waals surface area (Å²) in [6.07, 6.45) is -2.93. The van der Waals surface area contributed by atoms with Crippen LogP contribution in [0.3, 0.4) is 0 Å². The van der Waals surface area contributed by atoms with Crippen LogP contribution in [0.15, 0.2) is 54.7 Å². The van der Waals surface area contributed by atoms with Crippen molar-refractivity contribution in [1.82, 2.24) is 15.1 Å². The molecule has 8 heteroatoms. The van der Waals surface area contributed by atoms with E-state index in [2.05, 4.69) is 10.4 Å². The van der Waals surface area contributed by atoms with Crippen LogP contribution in [-0.4, -0.2) is 15.7 Å². The first-order chi connectivity index (χ1) is 13.7. The number of hydrogen-bond donors (Lipinski definition) is 1. The monoisotopic (exact) mass is 398 g/mol. The second-order valence-corrected chi connectivity index (χ2v) is 6.53. The van der Waals surface area contributed by atoms with Gasteiger partial charge in [0.05, 0.1) is 35.1 Å². The molecule has 5 nitrogen and oxygen atoms in total. The van der Waals surface area contributed by atoms with Gasteiger partial charge in [-0.1, -0.05) is 12.1 Å². The highest BCUT2D eigenvalue weighted by molar-refractivity contribution is 5.94. The third kappa shape index (κ3) is 4.29. The van der Waals surface area contributed by atoms with Gasteiger partial charge >= 0.3 is 6.18 Å². The second-order valence-electron chi connectivity index (χ2n) is 6.53. The van der Waals surface area contributed by atoms with Crippen LogP contribution in [0.5, 0.6) is 0 Å². The highest BCUT2D eigenvalue weighted by Crippen LogP contribution is 2.31. The quantitative estimate of drug-likeness (QED) is 0.700. The molecule has 1 heterocycles. The molecule has 1 N–H and O–H groups in total. The molecular weight excluding hydrogens is 381 g/mol. The van der Waals surface area contributed by atoms with Gasteiger partial charge in [0.25, 0.3) is 5.91 Å². The number of nitrogens with one attached hydrogen (secondary N) is 1. The Hall–Kier alpha value is -3.60. The molecule has 0 aliphatic carbocycles. The van der Waals surface area contributed by atoms with Gasteiger partial charge in [0.1, 0.15) is 0 Å². The van der Waals surface area contributed by atoms with E-state index in [0.717, 1.165) is 12.1 Å². The van der Waals surface area contributed by atoms with Gasteiger partial charge in [0.2, 0.25) is 0 Å². The van der Waals surface area contributed by atoms with E-state index < -0.39 is 17.8 Å². The molecule has 3 aromatic rings. The van der Waals surface area contributed by atoms with Crippen LogP contribution in [-0.2, 0) is 6.18 Å². The van der Waals surface area contributed by atoms with Crippen LogP contribution in [0.4, 0.5) is 13.2 Å². The number of benzene rings is 2. The summed E-state index contributed by atoms with van der Waals surface area (Å²) in [4.78, 5) is 12.5. The molecule has 0 fully saturated rings. The summed E-state index contributed by atoms with van der Waals surface area (Å²) in [5, 5.41) is 16.0. The van der Waals surface area contributed by atoms with Gasteiger partial charge < -0.3 is 5.32 Å². The lowest BCUT2D eigenvalue weighted by Crippen LogP contribution is -2.27. The lowest BCUT2D eigenvalue weighted by atomic mass is 10.1. The molecule has 2 aromatic carbocycles. The number of halogens is 3. The molecule has 3 rings (SSSR count). The maximum atomic E-state index is 13.0. The molecule has 0 unspecified atom stereocenters. The smallest absolute Gasteiger partial charge is 0.345 e. The highest BCUT2D eigenvalue weighted by Gasteiger charge is 2.30. The largest absolute Gasteiger partial charge is 0.416 e. The summed E-state index contributed by atoms with van der Waals surface area (Å²) in [5.74, 6) is -0.360. The van der Waals surface area contributed by atoms with Crippen LogP contribution in [0, 0.1) is 18.3 Å². The van der Waals surface area contributed by atoms with Gasteiger partial charge in [0.15, 0.2) is 0 Å². The van der Waals surface area contributed by atoms with Crippen LogP contribution < -0.4 is 5.32 Å². The number of rotatable bonds is 4. The van der Waals surface area contributed by atoms with Gasteiger partial charge in [-0.15, -0.1) is 0 Å². The number of nitrogens with zero attached hydrogens (tertiary/aromatic N) is 3. The van der Waals surface area contributed by atoms with Crippen LogP contribution >= 0.6 is 0 Å². The zero-order chi connectivity index (χ0) is 21.2. The Morgan fingerprint density at radius 1 is 1.21 bits per heavy atom. The topological polar surface area (TPSA) is 70.7 Å². The number of amides is 1. The van der Waals surface area contributed by atoms with Gasteiger partial charge in [-0.05, 0) is 50.2 Å². The van der Waals surface area contributed by atoms with Crippen molar-refractivity contribution in [3.05, 3.63) is 82.7 Å². The Morgan fingerprint density at radius 2 is 1.93 bits per heavy atom. The van der Waals surface area contributed by atoms with Crippen molar-refractivity contribution >= 4 is 5.91 Å².